The first-order valence-electron chi connectivity index (χ1n) is 7.37. The van der Waals surface area contributed by atoms with Crippen LogP contribution in [0.15, 0.2) is 41.9 Å². The number of hydrogen-bond acceptors (Lipinski definition) is 4. The molecule has 0 atom stereocenters. The summed E-state index contributed by atoms with van der Waals surface area (Å²) < 4.78 is 1.75. The minimum atomic E-state index is 0.00320. The van der Waals surface area contributed by atoms with E-state index in [0.29, 0.717) is 13.0 Å². The summed E-state index contributed by atoms with van der Waals surface area (Å²) in [5.41, 5.74) is 4.03. The molecule has 0 aliphatic heterocycles. The molecule has 0 saturated heterocycles. The van der Waals surface area contributed by atoms with Crippen LogP contribution in [-0.2, 0) is 24.8 Å². The Balaban J connectivity index is 1.57. The van der Waals surface area contributed by atoms with E-state index in [-0.39, 0.29) is 5.91 Å². The number of aromatic nitrogens is 3. The lowest BCUT2D eigenvalue weighted by Crippen LogP contribution is -2.25. The second-order valence-electron chi connectivity index (χ2n) is 5.35. The van der Waals surface area contributed by atoms with Crippen molar-refractivity contribution in [2.45, 2.75) is 19.9 Å². The van der Waals surface area contributed by atoms with Gasteiger partial charge in [0.05, 0.1) is 29.4 Å². The Bertz CT molecular complexity index is 804. The quantitative estimate of drug-likeness (QED) is 0.784. The van der Waals surface area contributed by atoms with Crippen molar-refractivity contribution in [2.75, 3.05) is 0 Å². The Morgan fingerprint density at radius 1 is 1.26 bits per heavy atom. The third-order valence-electron chi connectivity index (χ3n) is 3.62. The number of carbonyl (C=O) groups is 1. The molecule has 118 valence electrons. The van der Waals surface area contributed by atoms with Crippen molar-refractivity contribution in [3.05, 3.63) is 58.2 Å². The fourth-order valence-corrected chi connectivity index (χ4v) is 2.92. The smallest absolute Gasteiger partial charge is 0.224 e. The van der Waals surface area contributed by atoms with Crippen LogP contribution in [0.2, 0.25) is 0 Å². The Hall–Kier alpha value is -2.47. The van der Waals surface area contributed by atoms with Crippen molar-refractivity contribution in [1.82, 2.24) is 20.1 Å². The first kappa shape index (κ1) is 15.4. The molecule has 3 aromatic rings. The average molecular weight is 326 g/mol. The highest BCUT2D eigenvalue weighted by atomic mass is 32.1. The molecule has 6 heteroatoms. The van der Waals surface area contributed by atoms with Crippen molar-refractivity contribution in [3.8, 4) is 11.3 Å². The van der Waals surface area contributed by atoms with E-state index in [2.05, 4.69) is 15.4 Å². The van der Waals surface area contributed by atoms with Crippen LogP contribution >= 0.6 is 11.3 Å². The molecule has 0 unspecified atom stereocenters. The van der Waals surface area contributed by atoms with Crippen molar-refractivity contribution in [3.63, 3.8) is 0 Å². The third kappa shape index (κ3) is 3.84. The zero-order valence-corrected chi connectivity index (χ0v) is 13.9. The highest BCUT2D eigenvalue weighted by molar-refractivity contribution is 7.09. The van der Waals surface area contributed by atoms with Crippen molar-refractivity contribution < 1.29 is 4.79 Å². The first-order chi connectivity index (χ1) is 11.1. The molecule has 2 heterocycles. The monoisotopic (exact) mass is 326 g/mol. The zero-order valence-electron chi connectivity index (χ0n) is 13.1. The summed E-state index contributed by atoms with van der Waals surface area (Å²) in [5, 5.41) is 10.1. The van der Waals surface area contributed by atoms with Crippen LogP contribution < -0.4 is 5.32 Å². The van der Waals surface area contributed by atoms with Gasteiger partial charge in [-0.05, 0) is 18.6 Å². The Morgan fingerprint density at radius 2 is 2.04 bits per heavy atom. The van der Waals surface area contributed by atoms with E-state index >= 15 is 0 Å². The van der Waals surface area contributed by atoms with Gasteiger partial charge in [-0.2, -0.15) is 5.10 Å². The fraction of sp³-hybridized carbons (Fsp3) is 0.235. The molecule has 0 radical (unpaired) electrons. The summed E-state index contributed by atoms with van der Waals surface area (Å²) in [5.74, 6) is 0.00320. The van der Waals surface area contributed by atoms with E-state index in [1.54, 1.807) is 22.2 Å². The van der Waals surface area contributed by atoms with Gasteiger partial charge >= 0.3 is 0 Å². The summed E-state index contributed by atoms with van der Waals surface area (Å²) in [6, 6.07) is 9.88. The van der Waals surface area contributed by atoms with Gasteiger partial charge in [-0.1, -0.05) is 24.3 Å². The summed E-state index contributed by atoms with van der Waals surface area (Å²) in [7, 11) is 1.86. The van der Waals surface area contributed by atoms with E-state index in [4.69, 9.17) is 0 Å². The standard InChI is InChI=1S/C17H18N4OS/c1-12-20-16(11-23-12)14-5-3-13(4-6-14)9-17(22)18-10-15-7-8-19-21(15)2/h3-8,11H,9-10H2,1-2H3,(H,18,22). The highest BCUT2D eigenvalue weighted by Crippen LogP contribution is 2.21. The van der Waals surface area contributed by atoms with Crippen molar-refractivity contribution in [1.29, 1.82) is 0 Å². The van der Waals surface area contributed by atoms with E-state index in [9.17, 15) is 4.79 Å². The first-order valence-corrected chi connectivity index (χ1v) is 8.25. The van der Waals surface area contributed by atoms with E-state index in [0.717, 1.165) is 27.5 Å². The molecule has 23 heavy (non-hydrogen) atoms. The molecule has 0 aliphatic rings. The van der Waals surface area contributed by atoms with Gasteiger partial charge in [-0.3, -0.25) is 9.48 Å². The number of aryl methyl sites for hydroxylation is 2. The third-order valence-corrected chi connectivity index (χ3v) is 4.40. The van der Waals surface area contributed by atoms with Gasteiger partial charge in [-0.25, -0.2) is 4.98 Å². The van der Waals surface area contributed by atoms with Crippen LogP contribution in [-0.4, -0.2) is 20.7 Å². The SMILES string of the molecule is Cc1nc(-c2ccc(CC(=O)NCc3ccnn3C)cc2)cs1. The van der Waals surface area contributed by atoms with E-state index < -0.39 is 0 Å². The van der Waals surface area contributed by atoms with Crippen LogP contribution in [0.1, 0.15) is 16.3 Å². The molecular weight excluding hydrogens is 308 g/mol. The van der Waals surface area contributed by atoms with Gasteiger partial charge in [0, 0.05) is 24.2 Å². The molecule has 0 spiro atoms. The van der Waals surface area contributed by atoms with Gasteiger partial charge in [0.25, 0.3) is 0 Å². The number of nitrogens with zero attached hydrogens (tertiary/aromatic N) is 3. The molecular formula is C17H18N4OS. The van der Waals surface area contributed by atoms with Crippen LogP contribution in [0.4, 0.5) is 0 Å². The van der Waals surface area contributed by atoms with E-state index in [1.807, 2.05) is 49.7 Å². The van der Waals surface area contributed by atoms with Crippen LogP contribution in [0, 0.1) is 6.92 Å². The number of hydrogen-bond donors (Lipinski definition) is 1. The summed E-state index contributed by atoms with van der Waals surface area (Å²) in [4.78, 5) is 16.5. The number of benzene rings is 1. The highest BCUT2D eigenvalue weighted by Gasteiger charge is 2.06. The average Bonchev–Trinajstić information content (AvgIpc) is 3.15. The molecule has 5 nitrogen and oxygen atoms in total. The van der Waals surface area contributed by atoms with Gasteiger partial charge in [0.1, 0.15) is 0 Å². The maximum Gasteiger partial charge on any atom is 0.224 e. The van der Waals surface area contributed by atoms with Crippen LogP contribution in [0.3, 0.4) is 0 Å². The van der Waals surface area contributed by atoms with Crippen LogP contribution in [0.25, 0.3) is 11.3 Å². The second kappa shape index (κ2) is 6.75. The van der Waals surface area contributed by atoms with Crippen LogP contribution in [0.5, 0.6) is 0 Å². The second-order valence-corrected chi connectivity index (χ2v) is 6.41. The van der Waals surface area contributed by atoms with Crippen molar-refractivity contribution >= 4 is 17.2 Å². The Labute approximate surface area is 139 Å². The zero-order chi connectivity index (χ0) is 16.2. The lowest BCUT2D eigenvalue weighted by Gasteiger charge is -2.06. The minimum absolute atomic E-state index is 0.00320. The molecule has 0 bridgehead atoms. The summed E-state index contributed by atoms with van der Waals surface area (Å²) >= 11 is 1.64. The molecule has 2 aromatic heterocycles. The maximum absolute atomic E-state index is 12.0. The predicted octanol–water partition coefficient (Wildman–Crippen LogP) is 2.71. The number of thiazole rings is 1. The predicted molar refractivity (Wildman–Crippen MR) is 91.0 cm³/mol. The number of nitrogens with one attached hydrogen (secondary N) is 1. The van der Waals surface area contributed by atoms with Gasteiger partial charge < -0.3 is 5.32 Å². The molecule has 0 fully saturated rings. The normalized spacial score (nSPS) is 10.7. The molecule has 0 saturated carbocycles. The fourth-order valence-electron chi connectivity index (χ4n) is 2.30. The lowest BCUT2D eigenvalue weighted by atomic mass is 10.1. The summed E-state index contributed by atoms with van der Waals surface area (Å²) in [6.07, 6.45) is 2.09. The molecule has 1 amide bonds. The largest absolute Gasteiger partial charge is 0.350 e. The summed E-state index contributed by atoms with van der Waals surface area (Å²) in [6.45, 7) is 2.49. The Morgan fingerprint density at radius 3 is 2.65 bits per heavy atom. The van der Waals surface area contributed by atoms with Gasteiger partial charge in [0.15, 0.2) is 0 Å². The molecule has 1 N–H and O–H groups in total. The van der Waals surface area contributed by atoms with Gasteiger partial charge in [0.2, 0.25) is 5.91 Å². The number of carbonyl (C=O) groups excluding carboxylic acids is 1. The van der Waals surface area contributed by atoms with E-state index in [1.165, 1.54) is 0 Å². The number of rotatable bonds is 5. The van der Waals surface area contributed by atoms with Crippen molar-refractivity contribution in [2.24, 2.45) is 7.05 Å². The lowest BCUT2D eigenvalue weighted by molar-refractivity contribution is -0.120. The minimum Gasteiger partial charge on any atom is -0.350 e. The molecule has 3 rings (SSSR count). The maximum atomic E-state index is 12.0. The Kier molecular flexibility index (Phi) is 4.52. The number of amides is 1. The molecule has 1 aromatic carbocycles. The molecule has 0 aliphatic carbocycles. The van der Waals surface area contributed by atoms with Gasteiger partial charge in [-0.15, -0.1) is 11.3 Å². The topological polar surface area (TPSA) is 59.8 Å².